The molecule has 72 valence electrons. The second-order valence-corrected chi connectivity index (χ2v) is 3.23. The molecule has 1 rings (SSSR count). The maximum absolute atomic E-state index is 10.4. The lowest BCUT2D eigenvalue weighted by Gasteiger charge is -2.31. The zero-order valence-electron chi connectivity index (χ0n) is 7.32. The Hall–Kier alpha value is -0.280. The zero-order valence-corrected chi connectivity index (χ0v) is 8.14. The van der Waals surface area contributed by atoms with Crippen molar-refractivity contribution in [2.24, 2.45) is 0 Å². The Bertz CT molecular complexity index is 152. The van der Waals surface area contributed by atoms with Crippen molar-refractivity contribution in [3.8, 4) is 0 Å². The van der Waals surface area contributed by atoms with Crippen LogP contribution in [0.2, 0.25) is 0 Å². The van der Waals surface area contributed by atoms with E-state index in [1.165, 1.54) is 12.8 Å². The van der Waals surface area contributed by atoms with Crippen molar-refractivity contribution >= 4 is 18.4 Å². The van der Waals surface area contributed by atoms with Crippen molar-refractivity contribution < 1.29 is 9.90 Å². The molecule has 1 fully saturated rings. The van der Waals surface area contributed by atoms with Crippen LogP contribution in [0.3, 0.4) is 0 Å². The largest absolute Gasteiger partial charge is 0.481 e. The quantitative estimate of drug-likeness (QED) is 0.720. The summed E-state index contributed by atoms with van der Waals surface area (Å²) in [5, 5.41) is 8.56. The summed E-state index contributed by atoms with van der Waals surface area (Å²) < 4.78 is 0. The van der Waals surface area contributed by atoms with E-state index in [1.807, 2.05) is 7.05 Å². The van der Waals surface area contributed by atoms with Gasteiger partial charge in [-0.15, -0.1) is 12.4 Å². The minimum Gasteiger partial charge on any atom is -0.481 e. The van der Waals surface area contributed by atoms with E-state index in [-0.39, 0.29) is 18.4 Å². The van der Waals surface area contributed by atoms with Crippen LogP contribution in [0.4, 0.5) is 0 Å². The Balaban J connectivity index is 0.00000121. The number of carboxylic acid groups (broad SMARTS) is 1. The summed E-state index contributed by atoms with van der Waals surface area (Å²) in [5.74, 6) is -0.677. The fourth-order valence-electron chi connectivity index (χ4n) is 1.60. The summed E-state index contributed by atoms with van der Waals surface area (Å²) in [6.07, 6.45) is 3.74. The van der Waals surface area contributed by atoms with Gasteiger partial charge in [0.05, 0.1) is 6.42 Å². The average molecular weight is 194 g/mol. The maximum Gasteiger partial charge on any atom is 0.304 e. The summed E-state index contributed by atoms with van der Waals surface area (Å²) in [6, 6.07) is 0.279. The fourth-order valence-corrected chi connectivity index (χ4v) is 1.60. The number of hydrogen-bond acceptors (Lipinski definition) is 2. The summed E-state index contributed by atoms with van der Waals surface area (Å²) in [5.41, 5.74) is 0. The molecular formula is C8H16ClNO2. The summed E-state index contributed by atoms with van der Waals surface area (Å²) in [4.78, 5) is 12.5. The zero-order chi connectivity index (χ0) is 8.27. The summed E-state index contributed by atoms with van der Waals surface area (Å²) >= 11 is 0. The van der Waals surface area contributed by atoms with Gasteiger partial charge >= 0.3 is 5.97 Å². The minimum atomic E-state index is -0.677. The Kier molecular flexibility index (Phi) is 5.25. The Morgan fingerprint density at radius 3 is 2.75 bits per heavy atom. The number of piperidine rings is 1. The van der Waals surface area contributed by atoms with E-state index in [9.17, 15) is 4.79 Å². The van der Waals surface area contributed by atoms with E-state index in [4.69, 9.17) is 5.11 Å². The van der Waals surface area contributed by atoms with Gasteiger partial charge in [-0.3, -0.25) is 4.79 Å². The molecule has 0 bridgehead atoms. The molecule has 1 heterocycles. The molecule has 1 atom stereocenters. The van der Waals surface area contributed by atoms with Gasteiger partial charge in [0.25, 0.3) is 0 Å². The molecule has 12 heavy (non-hydrogen) atoms. The SMILES string of the molecule is CN1CCCCC1CC(=O)O.Cl. The maximum atomic E-state index is 10.4. The average Bonchev–Trinajstić information content (AvgIpc) is 1.93. The third-order valence-corrected chi connectivity index (χ3v) is 2.33. The smallest absolute Gasteiger partial charge is 0.304 e. The predicted octanol–water partition coefficient (Wildman–Crippen LogP) is 1.37. The molecular weight excluding hydrogens is 178 g/mol. The van der Waals surface area contributed by atoms with E-state index in [0.29, 0.717) is 6.42 Å². The molecule has 3 nitrogen and oxygen atoms in total. The number of hydrogen-bond donors (Lipinski definition) is 1. The molecule has 1 aliphatic heterocycles. The van der Waals surface area contributed by atoms with Crippen molar-refractivity contribution in [2.45, 2.75) is 31.7 Å². The number of likely N-dealkylation sites (tertiary alicyclic amines) is 1. The van der Waals surface area contributed by atoms with Crippen molar-refractivity contribution in [1.29, 1.82) is 0 Å². The van der Waals surface area contributed by atoms with E-state index in [1.54, 1.807) is 0 Å². The van der Waals surface area contributed by atoms with Crippen LogP contribution in [-0.2, 0) is 4.79 Å². The van der Waals surface area contributed by atoms with Crippen LogP contribution in [0, 0.1) is 0 Å². The molecule has 0 amide bonds. The highest BCUT2D eigenvalue weighted by Gasteiger charge is 2.20. The number of nitrogens with zero attached hydrogens (tertiary/aromatic N) is 1. The molecule has 1 saturated heterocycles. The van der Waals surface area contributed by atoms with E-state index in [2.05, 4.69) is 4.90 Å². The first kappa shape index (κ1) is 11.7. The molecule has 0 spiro atoms. The van der Waals surface area contributed by atoms with E-state index >= 15 is 0 Å². The molecule has 0 aromatic heterocycles. The molecule has 4 heteroatoms. The second-order valence-electron chi connectivity index (χ2n) is 3.23. The van der Waals surface area contributed by atoms with Crippen LogP contribution in [-0.4, -0.2) is 35.6 Å². The van der Waals surface area contributed by atoms with Crippen LogP contribution in [0.5, 0.6) is 0 Å². The van der Waals surface area contributed by atoms with Crippen LogP contribution < -0.4 is 0 Å². The lowest BCUT2D eigenvalue weighted by molar-refractivity contribution is -0.138. The Morgan fingerprint density at radius 2 is 2.25 bits per heavy atom. The van der Waals surface area contributed by atoms with Crippen molar-refractivity contribution in [3.63, 3.8) is 0 Å². The molecule has 0 aromatic carbocycles. The number of aliphatic carboxylic acids is 1. The van der Waals surface area contributed by atoms with Crippen molar-refractivity contribution in [3.05, 3.63) is 0 Å². The second kappa shape index (κ2) is 5.38. The van der Waals surface area contributed by atoms with Gasteiger partial charge in [0.15, 0.2) is 0 Å². The van der Waals surface area contributed by atoms with Gasteiger partial charge in [0, 0.05) is 6.04 Å². The minimum absolute atomic E-state index is 0. The first-order chi connectivity index (χ1) is 5.20. The third kappa shape index (κ3) is 3.41. The molecule has 0 saturated carbocycles. The van der Waals surface area contributed by atoms with Gasteiger partial charge in [-0.05, 0) is 26.4 Å². The van der Waals surface area contributed by atoms with Gasteiger partial charge in [-0.1, -0.05) is 6.42 Å². The molecule has 1 N–H and O–H groups in total. The number of carboxylic acids is 1. The van der Waals surface area contributed by atoms with Gasteiger partial charge in [-0.25, -0.2) is 0 Å². The van der Waals surface area contributed by atoms with E-state index < -0.39 is 5.97 Å². The van der Waals surface area contributed by atoms with Crippen LogP contribution in [0.1, 0.15) is 25.7 Å². The monoisotopic (exact) mass is 193 g/mol. The Labute approximate surface area is 79.2 Å². The molecule has 1 aliphatic rings. The van der Waals surface area contributed by atoms with Gasteiger partial charge in [0.1, 0.15) is 0 Å². The Morgan fingerprint density at radius 1 is 1.58 bits per heavy atom. The highest BCUT2D eigenvalue weighted by molar-refractivity contribution is 5.85. The number of carbonyl (C=O) groups is 1. The predicted molar refractivity (Wildman–Crippen MR) is 49.8 cm³/mol. The highest BCUT2D eigenvalue weighted by Crippen LogP contribution is 2.17. The van der Waals surface area contributed by atoms with Crippen LogP contribution in [0.15, 0.2) is 0 Å². The first-order valence-corrected chi connectivity index (χ1v) is 4.12. The first-order valence-electron chi connectivity index (χ1n) is 4.12. The molecule has 0 aliphatic carbocycles. The highest BCUT2D eigenvalue weighted by atomic mass is 35.5. The van der Waals surface area contributed by atoms with Crippen LogP contribution >= 0.6 is 12.4 Å². The van der Waals surface area contributed by atoms with Crippen molar-refractivity contribution in [2.75, 3.05) is 13.6 Å². The lowest BCUT2D eigenvalue weighted by atomic mass is 10.0. The van der Waals surface area contributed by atoms with Gasteiger partial charge in [-0.2, -0.15) is 0 Å². The molecule has 1 unspecified atom stereocenters. The summed E-state index contributed by atoms with van der Waals surface area (Å²) in [7, 11) is 2.01. The number of rotatable bonds is 2. The van der Waals surface area contributed by atoms with Crippen molar-refractivity contribution in [1.82, 2.24) is 4.90 Å². The normalized spacial score (nSPS) is 24.6. The topological polar surface area (TPSA) is 40.5 Å². The fraction of sp³-hybridized carbons (Fsp3) is 0.875. The van der Waals surface area contributed by atoms with Gasteiger partial charge in [0.2, 0.25) is 0 Å². The van der Waals surface area contributed by atoms with E-state index in [0.717, 1.165) is 13.0 Å². The van der Waals surface area contributed by atoms with Gasteiger partial charge < -0.3 is 10.0 Å². The summed E-state index contributed by atoms with van der Waals surface area (Å²) in [6.45, 7) is 1.05. The van der Waals surface area contributed by atoms with Crippen LogP contribution in [0.25, 0.3) is 0 Å². The molecule has 0 aromatic rings. The third-order valence-electron chi connectivity index (χ3n) is 2.33. The number of halogens is 1. The standard InChI is InChI=1S/C8H15NO2.ClH/c1-9-5-3-2-4-7(9)6-8(10)11;/h7H,2-6H2,1H3,(H,10,11);1H. The lowest BCUT2D eigenvalue weighted by Crippen LogP contribution is -2.37. The molecule has 0 radical (unpaired) electrons.